The summed E-state index contributed by atoms with van der Waals surface area (Å²) in [5.41, 5.74) is 1.67. The summed E-state index contributed by atoms with van der Waals surface area (Å²) in [7, 11) is 0. The summed E-state index contributed by atoms with van der Waals surface area (Å²) in [6.45, 7) is 12.7. The molecule has 3 amide bonds. The lowest BCUT2D eigenvalue weighted by Gasteiger charge is -2.36. The van der Waals surface area contributed by atoms with Gasteiger partial charge in [0.2, 0.25) is 5.91 Å². The lowest BCUT2D eigenvalue weighted by Crippen LogP contribution is -2.53. The van der Waals surface area contributed by atoms with Crippen molar-refractivity contribution in [2.24, 2.45) is 0 Å². The molecule has 3 aromatic rings. The van der Waals surface area contributed by atoms with E-state index < -0.39 is 23.6 Å². The van der Waals surface area contributed by atoms with Crippen molar-refractivity contribution >= 4 is 23.6 Å². The Morgan fingerprint density at radius 2 is 1.83 bits per heavy atom. The standard InChI is InChI=1S/C31H40N6O4/c1-30(2,3)22-11-13-24(14-12-22)37(28(39)25-18-33-20-34-25)26(21-9-7-15-32-17-21)27(38)35-23-10-8-16-36(19-23)29(40)41-31(4,5)6/h7,9,11-15,17-18,20,23,26H,8,10,16,19H2,1-6H3,(H,33,34)(H,35,38)/t23-,26?/m0/s1. The summed E-state index contributed by atoms with van der Waals surface area (Å²) in [6, 6.07) is 9.81. The molecule has 1 aromatic carbocycles. The van der Waals surface area contributed by atoms with E-state index in [9.17, 15) is 14.4 Å². The van der Waals surface area contributed by atoms with Gasteiger partial charge in [0, 0.05) is 49.0 Å². The summed E-state index contributed by atoms with van der Waals surface area (Å²) in [6.07, 6.45) is 7.15. The molecule has 1 saturated heterocycles. The third kappa shape index (κ3) is 7.50. The molecule has 0 radical (unpaired) electrons. The van der Waals surface area contributed by atoms with Gasteiger partial charge >= 0.3 is 6.09 Å². The Morgan fingerprint density at radius 1 is 1.10 bits per heavy atom. The Morgan fingerprint density at radius 3 is 2.41 bits per heavy atom. The number of piperidine rings is 1. The molecule has 3 heterocycles. The van der Waals surface area contributed by atoms with Gasteiger partial charge in [0.05, 0.1) is 6.33 Å². The second kappa shape index (κ2) is 12.1. The van der Waals surface area contributed by atoms with E-state index in [4.69, 9.17) is 4.74 Å². The van der Waals surface area contributed by atoms with Crippen molar-refractivity contribution in [2.45, 2.75) is 77.5 Å². The minimum Gasteiger partial charge on any atom is -0.444 e. The maximum Gasteiger partial charge on any atom is 0.410 e. The minimum absolute atomic E-state index is 0.0866. The minimum atomic E-state index is -1.04. The van der Waals surface area contributed by atoms with Crippen LogP contribution in [0.1, 0.15) is 82.0 Å². The van der Waals surface area contributed by atoms with E-state index >= 15 is 0 Å². The third-order valence-corrected chi connectivity index (χ3v) is 6.87. The number of nitrogens with zero attached hydrogens (tertiary/aromatic N) is 4. The van der Waals surface area contributed by atoms with Gasteiger partial charge in [-0.05, 0) is 62.8 Å². The number of hydrogen-bond donors (Lipinski definition) is 2. The lowest BCUT2D eigenvalue weighted by atomic mass is 9.87. The van der Waals surface area contributed by atoms with Gasteiger partial charge in [-0.3, -0.25) is 19.5 Å². The predicted molar refractivity (Wildman–Crippen MR) is 156 cm³/mol. The van der Waals surface area contributed by atoms with E-state index in [1.807, 2.05) is 45.0 Å². The van der Waals surface area contributed by atoms with Crippen molar-refractivity contribution in [3.05, 3.63) is 78.1 Å². The molecule has 0 saturated carbocycles. The molecule has 1 fully saturated rings. The van der Waals surface area contributed by atoms with E-state index in [2.05, 4.69) is 41.0 Å². The van der Waals surface area contributed by atoms with Gasteiger partial charge in [-0.1, -0.05) is 39.0 Å². The monoisotopic (exact) mass is 560 g/mol. The van der Waals surface area contributed by atoms with Gasteiger partial charge in [-0.2, -0.15) is 0 Å². The Balaban J connectivity index is 1.68. The molecule has 0 spiro atoms. The first-order valence-electron chi connectivity index (χ1n) is 13.9. The van der Waals surface area contributed by atoms with Crippen LogP contribution in [0.3, 0.4) is 0 Å². The van der Waals surface area contributed by atoms with Crippen LogP contribution in [0.15, 0.2) is 61.3 Å². The highest BCUT2D eigenvalue weighted by atomic mass is 16.6. The number of imidazole rings is 1. The van der Waals surface area contributed by atoms with Crippen LogP contribution in [0.25, 0.3) is 0 Å². The number of pyridine rings is 1. The molecule has 10 nitrogen and oxygen atoms in total. The quantitative estimate of drug-likeness (QED) is 0.438. The Bertz CT molecular complexity index is 1330. The number of aromatic nitrogens is 3. The summed E-state index contributed by atoms with van der Waals surface area (Å²) < 4.78 is 5.55. The SMILES string of the molecule is CC(C)(C)OC(=O)N1CCC[C@H](NC(=O)C(c2cccnc2)N(C(=O)c2c[nH]cn2)c2ccc(C(C)(C)C)cc2)C1. The number of anilines is 1. The number of H-pyrrole nitrogens is 1. The molecule has 2 atom stereocenters. The number of likely N-dealkylation sites (tertiary alicyclic amines) is 1. The molecule has 10 heteroatoms. The van der Waals surface area contributed by atoms with Crippen molar-refractivity contribution in [2.75, 3.05) is 18.0 Å². The van der Waals surface area contributed by atoms with Crippen molar-refractivity contribution in [1.82, 2.24) is 25.2 Å². The first-order chi connectivity index (χ1) is 19.3. The molecule has 0 bridgehead atoms. The number of ether oxygens (including phenoxy) is 1. The van der Waals surface area contributed by atoms with E-state index in [1.165, 1.54) is 17.4 Å². The van der Waals surface area contributed by atoms with Gasteiger partial charge in [0.25, 0.3) is 5.91 Å². The van der Waals surface area contributed by atoms with Crippen LogP contribution in [0.5, 0.6) is 0 Å². The molecular formula is C31H40N6O4. The average Bonchev–Trinajstić information content (AvgIpc) is 3.46. The molecule has 4 rings (SSSR count). The van der Waals surface area contributed by atoms with Gasteiger partial charge < -0.3 is 19.9 Å². The lowest BCUT2D eigenvalue weighted by molar-refractivity contribution is -0.123. The molecule has 2 aromatic heterocycles. The maximum absolute atomic E-state index is 14.1. The van der Waals surface area contributed by atoms with E-state index in [0.717, 1.165) is 5.56 Å². The molecule has 0 aliphatic carbocycles. The van der Waals surface area contributed by atoms with Crippen LogP contribution in [-0.4, -0.2) is 62.5 Å². The van der Waals surface area contributed by atoms with Crippen LogP contribution in [-0.2, 0) is 14.9 Å². The number of benzene rings is 1. The second-order valence-corrected chi connectivity index (χ2v) is 12.4. The average molecular weight is 561 g/mol. The molecule has 218 valence electrons. The Kier molecular flexibility index (Phi) is 8.80. The van der Waals surface area contributed by atoms with Gasteiger partial charge in [0.15, 0.2) is 0 Å². The van der Waals surface area contributed by atoms with Gasteiger partial charge in [-0.15, -0.1) is 0 Å². The summed E-state index contributed by atoms with van der Waals surface area (Å²) in [4.78, 5) is 55.1. The highest BCUT2D eigenvalue weighted by molar-refractivity contribution is 6.09. The first kappa shape index (κ1) is 29.8. The maximum atomic E-state index is 14.1. The number of nitrogens with one attached hydrogen (secondary N) is 2. The number of aromatic amines is 1. The van der Waals surface area contributed by atoms with Crippen molar-refractivity contribution < 1.29 is 19.1 Å². The second-order valence-electron chi connectivity index (χ2n) is 12.4. The number of amides is 3. The summed E-state index contributed by atoms with van der Waals surface area (Å²) in [5, 5.41) is 3.11. The van der Waals surface area contributed by atoms with Crippen molar-refractivity contribution in [1.29, 1.82) is 0 Å². The van der Waals surface area contributed by atoms with E-state index in [0.29, 0.717) is 37.2 Å². The Hall–Kier alpha value is -4.21. The number of carbonyl (C=O) groups is 3. The summed E-state index contributed by atoms with van der Waals surface area (Å²) >= 11 is 0. The van der Waals surface area contributed by atoms with Crippen molar-refractivity contribution in [3.63, 3.8) is 0 Å². The number of hydrogen-bond acceptors (Lipinski definition) is 6. The normalized spacial score (nSPS) is 16.5. The third-order valence-electron chi connectivity index (χ3n) is 6.87. The van der Waals surface area contributed by atoms with Gasteiger partial charge in [-0.25, -0.2) is 9.78 Å². The zero-order valence-corrected chi connectivity index (χ0v) is 24.7. The fourth-order valence-electron chi connectivity index (χ4n) is 4.83. The van der Waals surface area contributed by atoms with Crippen molar-refractivity contribution in [3.8, 4) is 0 Å². The predicted octanol–water partition coefficient (Wildman–Crippen LogP) is 5.01. The first-order valence-corrected chi connectivity index (χ1v) is 13.9. The molecular weight excluding hydrogens is 520 g/mol. The number of carbonyl (C=O) groups excluding carboxylic acids is 3. The van der Waals surface area contributed by atoms with Crippen LogP contribution < -0.4 is 10.2 Å². The molecule has 1 aliphatic heterocycles. The summed E-state index contributed by atoms with van der Waals surface area (Å²) in [5.74, 6) is -0.810. The fourth-order valence-corrected chi connectivity index (χ4v) is 4.83. The smallest absolute Gasteiger partial charge is 0.410 e. The zero-order chi connectivity index (χ0) is 29.8. The molecule has 1 aliphatic rings. The largest absolute Gasteiger partial charge is 0.444 e. The van der Waals surface area contributed by atoms with E-state index in [1.54, 1.807) is 29.4 Å². The highest BCUT2D eigenvalue weighted by Crippen LogP contribution is 2.32. The highest BCUT2D eigenvalue weighted by Gasteiger charge is 2.37. The molecule has 1 unspecified atom stereocenters. The molecule has 2 N–H and O–H groups in total. The van der Waals surface area contributed by atoms with Gasteiger partial charge in [0.1, 0.15) is 17.3 Å². The van der Waals surface area contributed by atoms with Crippen LogP contribution in [0, 0.1) is 0 Å². The topological polar surface area (TPSA) is 121 Å². The fraction of sp³-hybridized carbons (Fsp3) is 0.452. The van der Waals surface area contributed by atoms with Crippen LogP contribution in [0.4, 0.5) is 10.5 Å². The van der Waals surface area contributed by atoms with E-state index in [-0.39, 0.29) is 23.1 Å². The zero-order valence-electron chi connectivity index (χ0n) is 24.7. The Labute approximate surface area is 241 Å². The number of rotatable bonds is 6. The van der Waals surface area contributed by atoms with Crippen LogP contribution in [0.2, 0.25) is 0 Å². The molecule has 41 heavy (non-hydrogen) atoms. The van der Waals surface area contributed by atoms with Crippen LogP contribution >= 0.6 is 0 Å².